The van der Waals surface area contributed by atoms with Crippen LogP contribution in [-0.4, -0.2) is 30.6 Å². The molecular formula is C18H26N2O. The van der Waals surface area contributed by atoms with Crippen LogP contribution in [0.3, 0.4) is 0 Å². The number of hydrogen-bond donors (Lipinski definition) is 0. The summed E-state index contributed by atoms with van der Waals surface area (Å²) in [5.41, 5.74) is 0.662. The lowest BCUT2D eigenvalue weighted by Crippen LogP contribution is -2.42. The summed E-state index contributed by atoms with van der Waals surface area (Å²) in [6, 6.07) is 8.08. The van der Waals surface area contributed by atoms with Crippen LogP contribution in [0.1, 0.15) is 39.5 Å². The van der Waals surface area contributed by atoms with E-state index in [1.807, 2.05) is 12.1 Å². The monoisotopic (exact) mass is 286 g/mol. The van der Waals surface area contributed by atoms with Crippen molar-refractivity contribution in [1.82, 2.24) is 4.90 Å². The number of likely N-dealkylation sites (tertiary alicyclic amines) is 1. The average Bonchev–Trinajstić information content (AvgIpc) is 2.53. The van der Waals surface area contributed by atoms with E-state index in [0.29, 0.717) is 11.7 Å². The van der Waals surface area contributed by atoms with Gasteiger partial charge < -0.3 is 9.64 Å². The van der Waals surface area contributed by atoms with E-state index >= 15 is 0 Å². The zero-order valence-corrected chi connectivity index (χ0v) is 13.2. The molecule has 1 saturated heterocycles. The summed E-state index contributed by atoms with van der Waals surface area (Å²) < 4.78 is 5.76. The molecular weight excluding hydrogens is 260 g/mol. The molecule has 114 valence electrons. The molecule has 1 aromatic carbocycles. The van der Waals surface area contributed by atoms with Crippen LogP contribution >= 0.6 is 0 Å². The predicted molar refractivity (Wildman–Crippen MR) is 86.9 cm³/mol. The first-order valence-electron chi connectivity index (χ1n) is 8.07. The molecule has 3 heteroatoms. The van der Waals surface area contributed by atoms with E-state index in [2.05, 4.69) is 23.6 Å². The maximum atomic E-state index is 6.93. The first-order chi connectivity index (χ1) is 10.2. The third-order valence-electron chi connectivity index (χ3n) is 4.51. The molecule has 1 aliphatic rings. The van der Waals surface area contributed by atoms with Crippen molar-refractivity contribution in [2.75, 3.05) is 19.7 Å². The minimum Gasteiger partial charge on any atom is -0.494 e. The molecule has 0 aliphatic carbocycles. The molecule has 0 N–H and O–H groups in total. The molecule has 0 spiro atoms. The van der Waals surface area contributed by atoms with E-state index in [9.17, 15) is 0 Å². The molecule has 3 nitrogen and oxygen atoms in total. The largest absolute Gasteiger partial charge is 0.494 e. The van der Waals surface area contributed by atoms with Crippen molar-refractivity contribution >= 4 is 5.69 Å². The number of ether oxygens (including phenoxy) is 1. The van der Waals surface area contributed by atoms with Gasteiger partial charge in [0.1, 0.15) is 5.75 Å². The van der Waals surface area contributed by atoms with Crippen molar-refractivity contribution < 1.29 is 4.74 Å². The third-order valence-corrected chi connectivity index (χ3v) is 4.51. The zero-order valence-electron chi connectivity index (χ0n) is 13.2. The van der Waals surface area contributed by atoms with Crippen LogP contribution in [0, 0.1) is 12.5 Å². The van der Waals surface area contributed by atoms with Crippen LogP contribution in [0.4, 0.5) is 5.69 Å². The summed E-state index contributed by atoms with van der Waals surface area (Å²) in [5.74, 6) is 1.74. The summed E-state index contributed by atoms with van der Waals surface area (Å²) in [6.45, 7) is 14.7. The number of nitrogens with zero attached hydrogens (tertiary/aromatic N) is 2. The highest BCUT2D eigenvalue weighted by Crippen LogP contribution is 2.24. The summed E-state index contributed by atoms with van der Waals surface area (Å²) in [5, 5.41) is 0. The summed E-state index contributed by atoms with van der Waals surface area (Å²) >= 11 is 0. The lowest BCUT2D eigenvalue weighted by molar-refractivity contribution is 0.108. The topological polar surface area (TPSA) is 16.8 Å². The number of benzene rings is 1. The molecule has 21 heavy (non-hydrogen) atoms. The molecule has 1 aromatic rings. The molecule has 1 fully saturated rings. The molecule has 1 aliphatic heterocycles. The van der Waals surface area contributed by atoms with Crippen LogP contribution in [0.2, 0.25) is 0 Å². The van der Waals surface area contributed by atoms with Gasteiger partial charge >= 0.3 is 0 Å². The van der Waals surface area contributed by atoms with E-state index in [-0.39, 0.29) is 0 Å². The van der Waals surface area contributed by atoms with E-state index in [0.717, 1.165) is 31.2 Å². The molecule has 0 radical (unpaired) electrons. The summed E-state index contributed by atoms with van der Waals surface area (Å²) in [6.07, 6.45) is 5.08. The lowest BCUT2D eigenvalue weighted by atomic mass is 9.91. The SMILES string of the molecule is [C-]#[N+]c1ccc(OCCCN2CC(CC)CCC2C)cc1. The second-order valence-corrected chi connectivity index (χ2v) is 6.00. The highest BCUT2D eigenvalue weighted by Gasteiger charge is 2.23. The van der Waals surface area contributed by atoms with E-state index in [4.69, 9.17) is 11.3 Å². The maximum absolute atomic E-state index is 6.93. The molecule has 2 atom stereocenters. The molecule has 2 rings (SSSR count). The highest BCUT2D eigenvalue weighted by molar-refractivity contribution is 5.46. The van der Waals surface area contributed by atoms with Crippen molar-refractivity contribution in [2.45, 2.75) is 45.6 Å². The first kappa shape index (κ1) is 15.9. The minimum absolute atomic E-state index is 0.662. The van der Waals surface area contributed by atoms with Gasteiger partial charge in [-0.05, 0) is 44.2 Å². The van der Waals surface area contributed by atoms with Gasteiger partial charge in [0.15, 0.2) is 5.69 Å². The van der Waals surface area contributed by atoms with Gasteiger partial charge in [-0.3, -0.25) is 0 Å². The van der Waals surface area contributed by atoms with Gasteiger partial charge in [0.2, 0.25) is 0 Å². The van der Waals surface area contributed by atoms with Crippen molar-refractivity contribution in [1.29, 1.82) is 0 Å². The number of rotatable bonds is 6. The Morgan fingerprint density at radius 3 is 2.71 bits per heavy atom. The normalized spacial score (nSPS) is 22.7. The Hall–Kier alpha value is -1.53. The van der Waals surface area contributed by atoms with Crippen LogP contribution in [0.15, 0.2) is 24.3 Å². The van der Waals surface area contributed by atoms with Crippen LogP contribution < -0.4 is 4.74 Å². The third kappa shape index (κ3) is 4.75. The Labute approximate surface area is 128 Å². The van der Waals surface area contributed by atoms with Gasteiger partial charge in [-0.25, -0.2) is 4.85 Å². The van der Waals surface area contributed by atoms with E-state index in [1.54, 1.807) is 12.1 Å². The Kier molecular flexibility index (Phi) is 6.07. The van der Waals surface area contributed by atoms with Crippen molar-refractivity contribution in [2.24, 2.45) is 5.92 Å². The smallest absolute Gasteiger partial charge is 0.187 e. The molecule has 0 saturated carbocycles. The van der Waals surface area contributed by atoms with Crippen molar-refractivity contribution in [3.63, 3.8) is 0 Å². The van der Waals surface area contributed by atoms with Crippen LogP contribution in [0.25, 0.3) is 4.85 Å². The van der Waals surface area contributed by atoms with Gasteiger partial charge in [-0.2, -0.15) is 0 Å². The lowest BCUT2D eigenvalue weighted by Gasteiger charge is -2.37. The Balaban J connectivity index is 1.70. The van der Waals surface area contributed by atoms with Gasteiger partial charge in [-0.15, -0.1) is 0 Å². The summed E-state index contributed by atoms with van der Waals surface area (Å²) in [4.78, 5) is 5.99. The fourth-order valence-corrected chi connectivity index (χ4v) is 2.98. The Morgan fingerprint density at radius 1 is 1.29 bits per heavy atom. The van der Waals surface area contributed by atoms with E-state index < -0.39 is 0 Å². The maximum Gasteiger partial charge on any atom is 0.187 e. The standard InChI is InChI=1S/C18H26N2O/c1-4-16-7-6-15(2)20(14-16)12-5-13-21-18-10-8-17(19-3)9-11-18/h8-11,15-16H,4-7,12-14H2,1-2H3. The fourth-order valence-electron chi connectivity index (χ4n) is 2.98. The second kappa shape index (κ2) is 8.05. The van der Waals surface area contributed by atoms with Gasteiger partial charge in [-0.1, -0.05) is 25.5 Å². The predicted octanol–water partition coefficient (Wildman–Crippen LogP) is 4.52. The second-order valence-electron chi connectivity index (χ2n) is 6.00. The van der Waals surface area contributed by atoms with Gasteiger partial charge in [0.25, 0.3) is 0 Å². The number of hydrogen-bond acceptors (Lipinski definition) is 2. The molecule has 1 heterocycles. The molecule has 0 amide bonds. The zero-order chi connectivity index (χ0) is 15.1. The first-order valence-corrected chi connectivity index (χ1v) is 8.07. The fraction of sp³-hybridized carbons (Fsp3) is 0.611. The molecule has 0 bridgehead atoms. The van der Waals surface area contributed by atoms with Gasteiger partial charge in [0.05, 0.1) is 13.2 Å². The van der Waals surface area contributed by atoms with Crippen LogP contribution in [-0.2, 0) is 0 Å². The molecule has 2 unspecified atom stereocenters. The van der Waals surface area contributed by atoms with Crippen molar-refractivity contribution in [3.8, 4) is 5.75 Å². The highest BCUT2D eigenvalue weighted by atomic mass is 16.5. The summed E-state index contributed by atoms with van der Waals surface area (Å²) in [7, 11) is 0. The Morgan fingerprint density at radius 2 is 2.05 bits per heavy atom. The molecule has 0 aromatic heterocycles. The Bertz CT molecular complexity index is 463. The van der Waals surface area contributed by atoms with Gasteiger partial charge in [0, 0.05) is 19.1 Å². The van der Waals surface area contributed by atoms with Crippen LogP contribution in [0.5, 0.6) is 5.75 Å². The van der Waals surface area contributed by atoms with E-state index in [1.165, 1.54) is 25.8 Å². The van der Waals surface area contributed by atoms with Crippen molar-refractivity contribution in [3.05, 3.63) is 35.7 Å². The quantitative estimate of drug-likeness (QED) is 0.565. The average molecular weight is 286 g/mol. The minimum atomic E-state index is 0.662. The number of piperidine rings is 1.